The van der Waals surface area contributed by atoms with Gasteiger partial charge in [0.05, 0.1) is 12.5 Å². The predicted octanol–water partition coefficient (Wildman–Crippen LogP) is 2.37. The largest absolute Gasteiger partial charge is 0.459 e. The second-order valence-corrected chi connectivity index (χ2v) is 5.90. The molecule has 1 aliphatic heterocycles. The molecule has 2 aliphatic rings. The number of aliphatic hydroxyl groups is 1. The average Bonchev–Trinajstić information content (AvgIpc) is 2.67. The zero-order chi connectivity index (χ0) is 12.4. The maximum atomic E-state index is 11.9. The Bertz CT molecular complexity index is 269. The van der Waals surface area contributed by atoms with Gasteiger partial charge >= 0.3 is 5.97 Å². The van der Waals surface area contributed by atoms with Crippen LogP contribution in [0.1, 0.15) is 46.0 Å². The van der Waals surface area contributed by atoms with Gasteiger partial charge in [0.25, 0.3) is 0 Å². The van der Waals surface area contributed by atoms with Gasteiger partial charge in [-0.25, -0.2) is 0 Å². The smallest absolute Gasteiger partial charge is 0.309 e. The van der Waals surface area contributed by atoms with Crippen LogP contribution in [0.15, 0.2) is 0 Å². The molecule has 1 heterocycles. The lowest BCUT2D eigenvalue weighted by atomic mass is 9.70. The van der Waals surface area contributed by atoms with E-state index in [0.717, 1.165) is 0 Å². The molecule has 1 aliphatic carbocycles. The summed E-state index contributed by atoms with van der Waals surface area (Å²) in [5, 5.41) is 9.41. The fourth-order valence-electron chi connectivity index (χ4n) is 3.69. The third-order valence-corrected chi connectivity index (χ3v) is 4.48. The molecule has 1 saturated heterocycles. The van der Waals surface area contributed by atoms with Crippen LogP contribution in [-0.2, 0) is 9.53 Å². The van der Waals surface area contributed by atoms with Gasteiger partial charge in [0.15, 0.2) is 0 Å². The van der Waals surface area contributed by atoms with Gasteiger partial charge in [-0.3, -0.25) is 4.79 Å². The van der Waals surface area contributed by atoms with E-state index < -0.39 is 0 Å². The van der Waals surface area contributed by atoms with Crippen molar-refractivity contribution in [3.63, 3.8) is 0 Å². The number of esters is 1. The van der Waals surface area contributed by atoms with E-state index >= 15 is 0 Å². The third-order valence-electron chi connectivity index (χ3n) is 4.48. The second-order valence-electron chi connectivity index (χ2n) is 5.90. The van der Waals surface area contributed by atoms with Crippen LogP contribution in [0.5, 0.6) is 0 Å². The zero-order valence-corrected chi connectivity index (χ0v) is 10.9. The van der Waals surface area contributed by atoms with E-state index in [1.165, 1.54) is 32.1 Å². The van der Waals surface area contributed by atoms with Gasteiger partial charge in [0.2, 0.25) is 0 Å². The summed E-state index contributed by atoms with van der Waals surface area (Å²) >= 11 is 0. The highest BCUT2D eigenvalue weighted by atomic mass is 16.6. The first-order valence-corrected chi connectivity index (χ1v) is 6.96. The summed E-state index contributed by atoms with van der Waals surface area (Å²) in [5.41, 5.74) is 0. The van der Waals surface area contributed by atoms with Crippen LogP contribution in [0.3, 0.4) is 0 Å². The predicted molar refractivity (Wildman–Crippen MR) is 65.4 cm³/mol. The highest BCUT2D eigenvalue weighted by Crippen LogP contribution is 2.43. The Balaban J connectivity index is 2.15. The Morgan fingerprint density at radius 2 is 1.94 bits per heavy atom. The number of hydrogen-bond donors (Lipinski definition) is 1. The molecule has 2 rings (SSSR count). The minimum atomic E-state index is -0.252. The molecular formula is C14H24O3. The van der Waals surface area contributed by atoms with Crippen molar-refractivity contribution < 1.29 is 14.6 Å². The number of rotatable bonds is 3. The molecule has 0 bridgehead atoms. The van der Waals surface area contributed by atoms with Crippen molar-refractivity contribution >= 4 is 5.97 Å². The van der Waals surface area contributed by atoms with Crippen LogP contribution in [0.2, 0.25) is 0 Å². The molecule has 98 valence electrons. The molecule has 3 nitrogen and oxygen atoms in total. The van der Waals surface area contributed by atoms with Gasteiger partial charge in [-0.15, -0.1) is 0 Å². The fraction of sp³-hybridized carbons (Fsp3) is 0.929. The van der Waals surface area contributed by atoms with Crippen LogP contribution in [0, 0.1) is 23.7 Å². The molecule has 3 heteroatoms. The lowest BCUT2D eigenvalue weighted by Gasteiger charge is -2.33. The van der Waals surface area contributed by atoms with E-state index in [2.05, 4.69) is 13.8 Å². The van der Waals surface area contributed by atoms with Gasteiger partial charge < -0.3 is 9.84 Å². The van der Waals surface area contributed by atoms with Crippen molar-refractivity contribution in [2.24, 2.45) is 23.7 Å². The Morgan fingerprint density at radius 3 is 2.47 bits per heavy atom. The van der Waals surface area contributed by atoms with Crippen LogP contribution >= 0.6 is 0 Å². The summed E-state index contributed by atoms with van der Waals surface area (Å²) in [5.74, 6) is 1.03. The second kappa shape index (κ2) is 5.38. The molecule has 0 spiro atoms. The van der Waals surface area contributed by atoms with Crippen molar-refractivity contribution in [3.8, 4) is 0 Å². The molecule has 0 aromatic heterocycles. The Morgan fingerprint density at radius 1 is 1.29 bits per heavy atom. The van der Waals surface area contributed by atoms with E-state index in [9.17, 15) is 9.90 Å². The summed E-state index contributed by atoms with van der Waals surface area (Å²) in [6.07, 6.45) is 5.98. The summed E-state index contributed by atoms with van der Waals surface area (Å²) in [6, 6.07) is 0. The van der Waals surface area contributed by atoms with Crippen molar-refractivity contribution in [1.29, 1.82) is 0 Å². The maximum absolute atomic E-state index is 11.9. The Labute approximate surface area is 104 Å². The number of aliphatic hydroxyl groups excluding tert-OH is 1. The minimum absolute atomic E-state index is 0.00440. The maximum Gasteiger partial charge on any atom is 0.309 e. The van der Waals surface area contributed by atoms with Gasteiger partial charge in [0, 0.05) is 5.92 Å². The van der Waals surface area contributed by atoms with Crippen LogP contribution in [-0.4, -0.2) is 23.8 Å². The standard InChI is InChI=1S/C14H24O3/c1-9(2)12-13(10-6-4-3-5-7-10)11(8-15)17-14(12)16/h9-13,15H,3-8H2,1-2H3/t11-,12-,13-/m1/s1. The van der Waals surface area contributed by atoms with Crippen LogP contribution in [0.25, 0.3) is 0 Å². The van der Waals surface area contributed by atoms with Gasteiger partial charge in [-0.05, 0) is 11.8 Å². The molecule has 0 unspecified atom stereocenters. The highest BCUT2D eigenvalue weighted by molar-refractivity contribution is 5.75. The van der Waals surface area contributed by atoms with E-state index in [-0.39, 0.29) is 30.5 Å². The van der Waals surface area contributed by atoms with Gasteiger partial charge in [-0.2, -0.15) is 0 Å². The minimum Gasteiger partial charge on any atom is -0.459 e. The fourth-order valence-corrected chi connectivity index (χ4v) is 3.69. The Hall–Kier alpha value is -0.570. The number of hydrogen-bond acceptors (Lipinski definition) is 3. The van der Waals surface area contributed by atoms with Crippen molar-refractivity contribution in [2.75, 3.05) is 6.61 Å². The molecule has 1 saturated carbocycles. The summed E-state index contributed by atoms with van der Waals surface area (Å²) in [7, 11) is 0. The summed E-state index contributed by atoms with van der Waals surface area (Å²) < 4.78 is 5.36. The number of carbonyl (C=O) groups is 1. The van der Waals surface area contributed by atoms with Gasteiger partial charge in [0.1, 0.15) is 6.10 Å². The third kappa shape index (κ3) is 2.49. The first-order chi connectivity index (χ1) is 8.15. The zero-order valence-electron chi connectivity index (χ0n) is 10.9. The quantitative estimate of drug-likeness (QED) is 0.770. The Kier molecular flexibility index (Phi) is 4.08. The number of carbonyl (C=O) groups excluding carboxylic acids is 1. The first-order valence-electron chi connectivity index (χ1n) is 6.96. The molecular weight excluding hydrogens is 216 g/mol. The van der Waals surface area contributed by atoms with Crippen LogP contribution in [0.4, 0.5) is 0 Å². The molecule has 2 fully saturated rings. The molecule has 0 aromatic rings. The molecule has 0 aromatic carbocycles. The normalized spacial score (nSPS) is 35.3. The van der Waals surface area contributed by atoms with Gasteiger partial charge in [-0.1, -0.05) is 46.0 Å². The highest BCUT2D eigenvalue weighted by Gasteiger charge is 2.48. The van der Waals surface area contributed by atoms with E-state index in [4.69, 9.17) is 4.74 Å². The SMILES string of the molecule is CC(C)[C@H]1C(=O)O[C@H](CO)[C@H]1C1CCCCC1. The average molecular weight is 240 g/mol. The monoisotopic (exact) mass is 240 g/mol. The van der Waals surface area contributed by atoms with E-state index in [0.29, 0.717) is 11.8 Å². The van der Waals surface area contributed by atoms with Crippen molar-refractivity contribution in [3.05, 3.63) is 0 Å². The van der Waals surface area contributed by atoms with Crippen molar-refractivity contribution in [2.45, 2.75) is 52.1 Å². The lowest BCUT2D eigenvalue weighted by molar-refractivity contribution is -0.146. The number of cyclic esters (lactones) is 1. The molecule has 0 radical (unpaired) electrons. The molecule has 1 N–H and O–H groups in total. The van der Waals surface area contributed by atoms with Crippen LogP contribution < -0.4 is 0 Å². The summed E-state index contributed by atoms with van der Waals surface area (Å²) in [6.45, 7) is 4.15. The molecule has 3 atom stereocenters. The lowest BCUT2D eigenvalue weighted by Crippen LogP contribution is -2.34. The molecule has 17 heavy (non-hydrogen) atoms. The summed E-state index contributed by atoms with van der Waals surface area (Å²) in [4.78, 5) is 11.9. The van der Waals surface area contributed by atoms with E-state index in [1.54, 1.807) is 0 Å². The first kappa shape index (κ1) is 12.9. The van der Waals surface area contributed by atoms with Crippen molar-refractivity contribution in [1.82, 2.24) is 0 Å². The van der Waals surface area contributed by atoms with E-state index in [1.807, 2.05) is 0 Å². The number of ether oxygens (including phenoxy) is 1. The topological polar surface area (TPSA) is 46.5 Å². The molecule has 0 amide bonds.